The van der Waals surface area contributed by atoms with Gasteiger partial charge in [-0.3, -0.25) is 9.59 Å². The molecule has 0 spiro atoms. The van der Waals surface area contributed by atoms with Gasteiger partial charge in [-0.1, -0.05) is 24.3 Å². The molecular formula is C34H29ClF2N2O5. The van der Waals surface area contributed by atoms with Gasteiger partial charge in [-0.05, 0) is 42.3 Å². The van der Waals surface area contributed by atoms with Crippen LogP contribution in [0.25, 0.3) is 16.6 Å². The smallest absolute Gasteiger partial charge is 0.263 e. The molecule has 0 aliphatic carbocycles. The number of alkyl halides is 1. The molecule has 226 valence electrons. The number of ether oxygens (including phenoxy) is 3. The summed E-state index contributed by atoms with van der Waals surface area (Å²) in [5.74, 6) is -0.528. The number of benzene rings is 4. The maximum Gasteiger partial charge on any atom is 0.263 e. The summed E-state index contributed by atoms with van der Waals surface area (Å²) in [7, 11) is 3.03. The van der Waals surface area contributed by atoms with Crippen molar-refractivity contribution < 1.29 is 27.8 Å². The Labute approximate surface area is 257 Å². The molecule has 0 N–H and O–H groups in total. The van der Waals surface area contributed by atoms with Crippen LogP contribution in [-0.4, -0.2) is 31.2 Å². The predicted molar refractivity (Wildman–Crippen MR) is 167 cm³/mol. The molecule has 0 bridgehead atoms. The number of anilines is 1. The number of nitrogens with zero attached hydrogens (tertiary/aromatic N) is 2. The van der Waals surface area contributed by atoms with Crippen LogP contribution in [0.4, 0.5) is 14.5 Å². The van der Waals surface area contributed by atoms with E-state index in [0.717, 1.165) is 34.2 Å². The van der Waals surface area contributed by atoms with Gasteiger partial charge in [0.25, 0.3) is 5.91 Å². The zero-order chi connectivity index (χ0) is 31.4. The maximum absolute atomic E-state index is 14.1. The van der Waals surface area contributed by atoms with Gasteiger partial charge in [0.05, 0.1) is 25.4 Å². The van der Waals surface area contributed by atoms with Gasteiger partial charge in [0.1, 0.15) is 41.1 Å². The summed E-state index contributed by atoms with van der Waals surface area (Å²) in [5.41, 5.74) is 2.17. The monoisotopic (exact) mass is 618 g/mol. The number of hydrogen-bond acceptors (Lipinski definition) is 5. The van der Waals surface area contributed by atoms with Gasteiger partial charge >= 0.3 is 0 Å². The van der Waals surface area contributed by atoms with Gasteiger partial charge in [-0.25, -0.2) is 8.78 Å². The summed E-state index contributed by atoms with van der Waals surface area (Å²) in [6.45, 7) is 1.98. The topological polar surface area (TPSA) is 70.0 Å². The van der Waals surface area contributed by atoms with Crippen LogP contribution in [0.5, 0.6) is 17.2 Å². The fourth-order valence-electron chi connectivity index (χ4n) is 4.87. The SMILES string of the molecule is CCN(C(=O)c1cn(-c2cc(OC)cc(OCc3ccc(CCl)cc3)c2)c2cc(OC)ccc2c1=O)c1cc(F)cc(F)c1. The van der Waals surface area contributed by atoms with E-state index in [1.165, 1.54) is 20.4 Å². The molecule has 0 fully saturated rings. The summed E-state index contributed by atoms with van der Waals surface area (Å²) in [6.07, 6.45) is 1.41. The van der Waals surface area contributed by atoms with E-state index < -0.39 is 23.0 Å². The highest BCUT2D eigenvalue weighted by atomic mass is 35.5. The number of halogens is 3. The molecule has 10 heteroatoms. The Morgan fingerprint density at radius 2 is 1.50 bits per heavy atom. The van der Waals surface area contributed by atoms with Crippen molar-refractivity contribution in [2.75, 3.05) is 25.7 Å². The van der Waals surface area contributed by atoms with E-state index in [1.807, 2.05) is 24.3 Å². The molecule has 0 atom stereocenters. The van der Waals surface area contributed by atoms with E-state index in [9.17, 15) is 18.4 Å². The van der Waals surface area contributed by atoms with Crippen LogP contribution < -0.4 is 24.5 Å². The van der Waals surface area contributed by atoms with E-state index >= 15 is 0 Å². The molecule has 0 saturated heterocycles. The number of methoxy groups -OCH3 is 2. The van der Waals surface area contributed by atoms with E-state index in [4.69, 9.17) is 25.8 Å². The van der Waals surface area contributed by atoms with Crippen molar-refractivity contribution in [1.29, 1.82) is 0 Å². The molecule has 5 rings (SSSR count). The molecular weight excluding hydrogens is 590 g/mol. The van der Waals surface area contributed by atoms with Crippen molar-refractivity contribution in [3.05, 3.63) is 124 Å². The highest BCUT2D eigenvalue weighted by Gasteiger charge is 2.23. The van der Waals surface area contributed by atoms with Crippen LogP contribution in [0.3, 0.4) is 0 Å². The third-order valence-electron chi connectivity index (χ3n) is 7.12. The first-order chi connectivity index (χ1) is 21.2. The lowest BCUT2D eigenvalue weighted by atomic mass is 10.1. The minimum absolute atomic E-state index is 0.00748. The second kappa shape index (κ2) is 13.2. The number of pyridine rings is 1. The Morgan fingerprint density at radius 3 is 2.14 bits per heavy atom. The van der Waals surface area contributed by atoms with Crippen molar-refractivity contribution in [2.24, 2.45) is 0 Å². The third-order valence-corrected chi connectivity index (χ3v) is 7.43. The first-order valence-electron chi connectivity index (χ1n) is 13.7. The fourth-order valence-corrected chi connectivity index (χ4v) is 5.05. The fraction of sp³-hybridized carbons (Fsp3) is 0.176. The van der Waals surface area contributed by atoms with Gasteiger partial charge in [0, 0.05) is 60.0 Å². The quantitative estimate of drug-likeness (QED) is 0.154. The second-order valence-electron chi connectivity index (χ2n) is 9.91. The molecule has 1 amide bonds. The van der Waals surface area contributed by atoms with Gasteiger partial charge in [-0.2, -0.15) is 0 Å². The molecule has 7 nitrogen and oxygen atoms in total. The van der Waals surface area contributed by atoms with E-state index in [1.54, 1.807) is 47.9 Å². The van der Waals surface area contributed by atoms with E-state index in [0.29, 0.717) is 34.3 Å². The van der Waals surface area contributed by atoms with Crippen molar-refractivity contribution in [2.45, 2.75) is 19.4 Å². The van der Waals surface area contributed by atoms with Crippen LogP contribution in [0.15, 0.2) is 89.9 Å². The zero-order valence-corrected chi connectivity index (χ0v) is 25.0. The number of rotatable bonds is 10. The Bertz CT molecular complexity index is 1870. The Balaban J connectivity index is 1.63. The lowest BCUT2D eigenvalue weighted by Crippen LogP contribution is -2.35. The van der Waals surface area contributed by atoms with Crippen molar-refractivity contribution in [3.8, 4) is 22.9 Å². The molecule has 0 radical (unpaired) electrons. The average Bonchev–Trinajstić information content (AvgIpc) is 3.03. The Morgan fingerprint density at radius 1 is 0.841 bits per heavy atom. The van der Waals surface area contributed by atoms with Gasteiger partial charge in [0.15, 0.2) is 0 Å². The number of aromatic nitrogens is 1. The molecule has 0 saturated carbocycles. The van der Waals surface area contributed by atoms with Crippen LogP contribution >= 0.6 is 11.6 Å². The van der Waals surface area contributed by atoms with Crippen molar-refractivity contribution in [3.63, 3.8) is 0 Å². The first kappa shape index (κ1) is 30.6. The second-order valence-corrected chi connectivity index (χ2v) is 10.2. The van der Waals surface area contributed by atoms with Gasteiger partial charge in [0.2, 0.25) is 5.43 Å². The number of hydrogen-bond donors (Lipinski definition) is 0. The normalized spacial score (nSPS) is 11.0. The summed E-state index contributed by atoms with van der Waals surface area (Å²) < 4.78 is 46.9. The van der Waals surface area contributed by atoms with Crippen molar-refractivity contribution in [1.82, 2.24) is 4.57 Å². The average molecular weight is 619 g/mol. The summed E-state index contributed by atoms with van der Waals surface area (Å²) >= 11 is 5.90. The molecule has 5 aromatic rings. The molecule has 0 aliphatic rings. The number of carbonyl (C=O) groups is 1. The summed E-state index contributed by atoms with van der Waals surface area (Å²) in [4.78, 5) is 28.7. The van der Waals surface area contributed by atoms with Crippen LogP contribution in [0.1, 0.15) is 28.4 Å². The Hall–Kier alpha value is -4.89. The highest BCUT2D eigenvalue weighted by molar-refractivity contribution is 6.17. The molecule has 1 aromatic heterocycles. The van der Waals surface area contributed by atoms with Gasteiger partial charge in [-0.15, -0.1) is 11.6 Å². The van der Waals surface area contributed by atoms with Crippen LogP contribution in [-0.2, 0) is 12.5 Å². The summed E-state index contributed by atoms with van der Waals surface area (Å²) in [5, 5.41) is 0.239. The minimum Gasteiger partial charge on any atom is -0.497 e. The lowest BCUT2D eigenvalue weighted by Gasteiger charge is -2.22. The maximum atomic E-state index is 14.1. The predicted octanol–water partition coefficient (Wildman–Crippen LogP) is 7.27. The zero-order valence-electron chi connectivity index (χ0n) is 24.3. The Kier molecular flexibility index (Phi) is 9.15. The molecule has 0 aliphatic heterocycles. The third kappa shape index (κ3) is 6.38. The number of fused-ring (bicyclic) bond motifs is 1. The van der Waals surface area contributed by atoms with E-state index in [-0.39, 0.29) is 29.8 Å². The van der Waals surface area contributed by atoms with Crippen LogP contribution in [0.2, 0.25) is 0 Å². The number of amides is 1. The van der Waals surface area contributed by atoms with E-state index in [2.05, 4.69) is 0 Å². The largest absolute Gasteiger partial charge is 0.497 e. The van der Waals surface area contributed by atoms with Crippen LogP contribution in [0, 0.1) is 11.6 Å². The van der Waals surface area contributed by atoms with Crippen molar-refractivity contribution >= 4 is 34.1 Å². The molecule has 44 heavy (non-hydrogen) atoms. The molecule has 0 unspecified atom stereocenters. The number of carbonyl (C=O) groups excluding carboxylic acids is 1. The summed E-state index contributed by atoms with van der Waals surface area (Å²) in [6, 6.07) is 20.6. The standard InChI is InChI=1S/C34H29ClF2N2O5/c1-4-38(25-12-23(36)11-24(37)13-25)34(41)31-19-39(32-17-27(42-2)9-10-30(32)33(31)40)26-14-28(43-3)16-29(15-26)44-20-22-7-5-21(18-35)6-8-22/h5-17,19H,4,18,20H2,1-3H3. The van der Waals surface area contributed by atoms with Gasteiger partial charge < -0.3 is 23.7 Å². The first-order valence-corrected chi connectivity index (χ1v) is 14.3. The minimum atomic E-state index is -0.840. The molecule has 4 aromatic carbocycles. The highest BCUT2D eigenvalue weighted by Crippen LogP contribution is 2.30. The lowest BCUT2D eigenvalue weighted by molar-refractivity contribution is 0.0987. The molecule has 1 heterocycles.